The Kier molecular flexibility index (Phi) is 8.21. The van der Waals surface area contributed by atoms with Crippen LogP contribution in [-0.4, -0.2) is 58.7 Å². The second-order valence-corrected chi connectivity index (χ2v) is 8.46. The molecule has 0 saturated carbocycles. The first-order chi connectivity index (χ1) is 15.0. The second-order valence-electron chi connectivity index (χ2n) is 8.46. The van der Waals surface area contributed by atoms with Crippen LogP contribution in [0.5, 0.6) is 0 Å². The zero-order chi connectivity index (χ0) is 22.2. The number of likely N-dealkylation sites (N-methyl/N-ethyl adjacent to an activating group) is 1. The third-order valence-corrected chi connectivity index (χ3v) is 6.05. The quantitative estimate of drug-likeness (QED) is 0.672. The van der Waals surface area contributed by atoms with Crippen LogP contribution in [0.2, 0.25) is 0 Å². The van der Waals surface area contributed by atoms with E-state index in [1.54, 1.807) is 0 Å². The summed E-state index contributed by atoms with van der Waals surface area (Å²) < 4.78 is 1.87. The van der Waals surface area contributed by atoms with E-state index < -0.39 is 0 Å². The fourth-order valence-corrected chi connectivity index (χ4v) is 4.10. The summed E-state index contributed by atoms with van der Waals surface area (Å²) in [6.07, 6.45) is 1.54. The van der Waals surface area contributed by atoms with E-state index in [2.05, 4.69) is 57.6 Å². The van der Waals surface area contributed by atoms with Gasteiger partial charge in [0, 0.05) is 51.4 Å². The molecule has 1 aromatic heterocycles. The molecule has 0 atom stereocenters. The highest BCUT2D eigenvalue weighted by Gasteiger charge is 2.15. The molecular weight excluding hydrogens is 388 g/mol. The summed E-state index contributed by atoms with van der Waals surface area (Å²) in [6.45, 7) is 10.5. The van der Waals surface area contributed by atoms with Gasteiger partial charge >= 0.3 is 0 Å². The Morgan fingerprint density at radius 3 is 2.68 bits per heavy atom. The van der Waals surface area contributed by atoms with Gasteiger partial charge in [-0.3, -0.25) is 14.4 Å². The third kappa shape index (κ3) is 6.65. The fraction of sp³-hybridized carbons (Fsp3) is 0.542. The summed E-state index contributed by atoms with van der Waals surface area (Å²) in [5, 5.41) is 16.3. The summed E-state index contributed by atoms with van der Waals surface area (Å²) >= 11 is 0. The molecule has 0 bridgehead atoms. The predicted octanol–water partition coefficient (Wildman–Crippen LogP) is 2.41. The average molecular weight is 423 g/mol. The van der Waals surface area contributed by atoms with Crippen molar-refractivity contribution in [2.24, 2.45) is 0 Å². The minimum atomic E-state index is 0.0491. The predicted molar refractivity (Wildman–Crippen MR) is 121 cm³/mol. The van der Waals surface area contributed by atoms with Gasteiger partial charge in [0.25, 0.3) is 0 Å². The maximum atomic E-state index is 12.4. The van der Waals surface area contributed by atoms with E-state index in [9.17, 15) is 4.79 Å². The minimum absolute atomic E-state index is 0.0491. The maximum absolute atomic E-state index is 12.4. The van der Waals surface area contributed by atoms with Crippen molar-refractivity contribution in [3.05, 3.63) is 52.3 Å². The maximum Gasteiger partial charge on any atom is 0.220 e. The lowest BCUT2D eigenvalue weighted by atomic mass is 10.1. The standard InChI is InChI=1S/C24H34N6O/c1-19-23(20(2)30(27-19)11-5-10-25)8-9-24(31)26-17-21-6-4-7-22(16-21)18-29-14-12-28(3)13-15-29/h4,6-7,16H,5,8-9,11-15,17-18H2,1-3H3,(H,26,31). The Morgan fingerprint density at radius 2 is 1.94 bits per heavy atom. The van der Waals surface area contributed by atoms with Crippen molar-refractivity contribution >= 4 is 5.91 Å². The Hall–Kier alpha value is -2.69. The number of carbonyl (C=O) groups excluding carboxylic acids is 1. The molecule has 0 unspecified atom stereocenters. The number of hydrogen-bond acceptors (Lipinski definition) is 5. The highest BCUT2D eigenvalue weighted by Crippen LogP contribution is 2.16. The molecule has 0 radical (unpaired) electrons. The van der Waals surface area contributed by atoms with Crippen molar-refractivity contribution in [3.8, 4) is 6.07 Å². The van der Waals surface area contributed by atoms with E-state index in [-0.39, 0.29) is 5.91 Å². The van der Waals surface area contributed by atoms with E-state index in [0.29, 0.717) is 32.4 Å². The molecule has 1 fully saturated rings. The van der Waals surface area contributed by atoms with E-state index in [1.807, 2.05) is 18.5 Å². The molecule has 1 N–H and O–H groups in total. The molecule has 1 aliphatic rings. The first kappa shape index (κ1) is 23.0. The topological polar surface area (TPSA) is 77.2 Å². The van der Waals surface area contributed by atoms with E-state index in [4.69, 9.17) is 5.26 Å². The number of nitrogens with one attached hydrogen (secondary N) is 1. The summed E-state index contributed by atoms with van der Waals surface area (Å²) in [6, 6.07) is 10.7. The van der Waals surface area contributed by atoms with Gasteiger partial charge < -0.3 is 10.2 Å². The Balaban J connectivity index is 1.47. The highest BCUT2D eigenvalue weighted by atomic mass is 16.1. The van der Waals surface area contributed by atoms with Crippen LogP contribution >= 0.6 is 0 Å². The number of rotatable bonds is 9. The largest absolute Gasteiger partial charge is 0.352 e. The van der Waals surface area contributed by atoms with Crippen LogP contribution in [0.4, 0.5) is 0 Å². The van der Waals surface area contributed by atoms with Crippen LogP contribution in [0.25, 0.3) is 0 Å². The van der Waals surface area contributed by atoms with Crippen LogP contribution in [0, 0.1) is 25.2 Å². The Bertz CT molecular complexity index is 921. The van der Waals surface area contributed by atoms with Gasteiger partial charge in [0.15, 0.2) is 0 Å². The fourth-order valence-electron chi connectivity index (χ4n) is 4.10. The zero-order valence-electron chi connectivity index (χ0n) is 19.0. The number of carbonyl (C=O) groups is 1. The lowest BCUT2D eigenvalue weighted by Crippen LogP contribution is -2.43. The molecule has 1 amide bonds. The molecule has 2 aromatic rings. The molecule has 1 aliphatic heterocycles. The smallest absolute Gasteiger partial charge is 0.220 e. The molecular formula is C24H34N6O. The molecule has 3 rings (SSSR count). The van der Waals surface area contributed by atoms with Crippen molar-refractivity contribution in [1.29, 1.82) is 5.26 Å². The van der Waals surface area contributed by atoms with Gasteiger partial charge in [-0.2, -0.15) is 10.4 Å². The van der Waals surface area contributed by atoms with E-state index >= 15 is 0 Å². The normalized spacial score (nSPS) is 15.0. The molecule has 2 heterocycles. The van der Waals surface area contributed by atoms with Gasteiger partial charge in [-0.25, -0.2) is 0 Å². The molecule has 7 heteroatoms. The van der Waals surface area contributed by atoms with Crippen LogP contribution in [0.15, 0.2) is 24.3 Å². The van der Waals surface area contributed by atoms with Crippen LogP contribution in [-0.2, 0) is 30.8 Å². The molecule has 0 spiro atoms. The number of nitrogens with zero attached hydrogens (tertiary/aromatic N) is 5. The SMILES string of the molecule is Cc1nn(CCC#N)c(C)c1CCC(=O)NCc1cccc(CN2CCN(C)CC2)c1. The van der Waals surface area contributed by atoms with Gasteiger partial charge in [0.05, 0.1) is 24.7 Å². The van der Waals surface area contributed by atoms with Crippen molar-refractivity contribution < 1.29 is 4.79 Å². The zero-order valence-corrected chi connectivity index (χ0v) is 19.0. The lowest BCUT2D eigenvalue weighted by molar-refractivity contribution is -0.121. The van der Waals surface area contributed by atoms with Crippen LogP contribution < -0.4 is 5.32 Å². The first-order valence-corrected chi connectivity index (χ1v) is 11.1. The Labute approximate surface area is 185 Å². The summed E-state index contributed by atoms with van der Waals surface area (Å²) in [5.41, 5.74) is 5.54. The van der Waals surface area contributed by atoms with Crippen LogP contribution in [0.1, 0.15) is 40.9 Å². The van der Waals surface area contributed by atoms with Gasteiger partial charge in [0.1, 0.15) is 0 Å². The van der Waals surface area contributed by atoms with Crippen molar-refractivity contribution in [2.75, 3.05) is 33.2 Å². The van der Waals surface area contributed by atoms with Crippen molar-refractivity contribution in [3.63, 3.8) is 0 Å². The van der Waals surface area contributed by atoms with Gasteiger partial charge in [0.2, 0.25) is 5.91 Å². The van der Waals surface area contributed by atoms with Crippen LogP contribution in [0.3, 0.4) is 0 Å². The average Bonchev–Trinajstić information content (AvgIpc) is 3.03. The van der Waals surface area contributed by atoms with Gasteiger partial charge in [-0.15, -0.1) is 0 Å². The highest BCUT2D eigenvalue weighted by molar-refractivity contribution is 5.76. The molecule has 31 heavy (non-hydrogen) atoms. The second kappa shape index (κ2) is 11.1. The summed E-state index contributed by atoms with van der Waals surface area (Å²) in [4.78, 5) is 17.3. The summed E-state index contributed by atoms with van der Waals surface area (Å²) in [5.74, 6) is 0.0491. The first-order valence-electron chi connectivity index (χ1n) is 11.1. The number of aromatic nitrogens is 2. The van der Waals surface area contributed by atoms with Crippen molar-refractivity contribution in [1.82, 2.24) is 24.9 Å². The van der Waals surface area contributed by atoms with Crippen molar-refractivity contribution in [2.45, 2.75) is 52.7 Å². The lowest BCUT2D eigenvalue weighted by Gasteiger charge is -2.32. The van der Waals surface area contributed by atoms with E-state index in [0.717, 1.165) is 55.2 Å². The minimum Gasteiger partial charge on any atom is -0.352 e. The number of benzene rings is 1. The molecule has 0 aliphatic carbocycles. The Morgan fingerprint density at radius 1 is 1.19 bits per heavy atom. The number of hydrogen-bond donors (Lipinski definition) is 1. The molecule has 1 saturated heterocycles. The third-order valence-electron chi connectivity index (χ3n) is 6.05. The number of piperazine rings is 1. The number of amides is 1. The number of aryl methyl sites for hydroxylation is 2. The summed E-state index contributed by atoms with van der Waals surface area (Å²) in [7, 11) is 2.17. The molecule has 1 aromatic carbocycles. The van der Waals surface area contributed by atoms with E-state index in [1.165, 1.54) is 5.56 Å². The molecule has 166 valence electrons. The van der Waals surface area contributed by atoms with Gasteiger partial charge in [-0.1, -0.05) is 24.3 Å². The molecule has 7 nitrogen and oxygen atoms in total. The number of nitriles is 1. The van der Waals surface area contributed by atoms with Gasteiger partial charge in [-0.05, 0) is 44.0 Å². The monoisotopic (exact) mass is 422 g/mol.